The number of hydrogen-bond acceptors (Lipinski definition) is 2. The molecule has 2 bridgehead atoms. The Labute approximate surface area is 140 Å². The fourth-order valence-corrected chi connectivity index (χ4v) is 3.65. The number of morpholine rings is 1. The molecule has 2 aliphatic rings. The lowest BCUT2D eigenvalue weighted by molar-refractivity contribution is -0.0403. The highest BCUT2D eigenvalue weighted by Gasteiger charge is 2.35. The van der Waals surface area contributed by atoms with Crippen LogP contribution < -0.4 is 0 Å². The third-order valence-electron chi connectivity index (χ3n) is 4.83. The van der Waals surface area contributed by atoms with Crippen LogP contribution in [0.15, 0.2) is 54.6 Å². The normalized spacial score (nSPS) is 23.8. The van der Waals surface area contributed by atoms with Crippen LogP contribution in [0.4, 0.5) is 8.78 Å². The summed E-state index contributed by atoms with van der Waals surface area (Å²) in [5.41, 5.74) is 2.72. The summed E-state index contributed by atoms with van der Waals surface area (Å²) in [4.78, 5) is 2.42. The highest BCUT2D eigenvalue weighted by atomic mass is 19.1. The van der Waals surface area contributed by atoms with Gasteiger partial charge in [0.05, 0.1) is 19.3 Å². The summed E-state index contributed by atoms with van der Waals surface area (Å²) in [6.45, 7) is 2.11. The molecule has 124 valence electrons. The van der Waals surface area contributed by atoms with E-state index in [0.717, 1.165) is 18.2 Å². The minimum atomic E-state index is -0.540. The Balaban J connectivity index is 1.62. The SMILES string of the molecule is Fc1ccc(C2=CC3COCC(C2)N3Cc2ccccc2)c(F)c1. The van der Waals surface area contributed by atoms with Crippen molar-refractivity contribution in [2.24, 2.45) is 0 Å². The molecule has 4 heteroatoms. The zero-order valence-electron chi connectivity index (χ0n) is 13.3. The van der Waals surface area contributed by atoms with Gasteiger partial charge in [-0.3, -0.25) is 4.90 Å². The van der Waals surface area contributed by atoms with Crippen molar-refractivity contribution in [1.29, 1.82) is 0 Å². The van der Waals surface area contributed by atoms with Crippen LogP contribution in [0.25, 0.3) is 5.57 Å². The summed E-state index contributed by atoms with van der Waals surface area (Å²) in [7, 11) is 0. The average molecular weight is 327 g/mol. The number of nitrogens with zero attached hydrogens (tertiary/aromatic N) is 1. The summed E-state index contributed by atoms with van der Waals surface area (Å²) in [6, 6.07) is 14.5. The maximum Gasteiger partial charge on any atom is 0.133 e. The Bertz CT molecular complexity index is 759. The molecular weight excluding hydrogens is 308 g/mol. The van der Waals surface area contributed by atoms with Gasteiger partial charge < -0.3 is 4.74 Å². The Hall–Kier alpha value is -2.04. The number of fused-ring (bicyclic) bond motifs is 2. The van der Waals surface area contributed by atoms with Crippen molar-refractivity contribution in [3.05, 3.63) is 77.4 Å². The van der Waals surface area contributed by atoms with Crippen molar-refractivity contribution < 1.29 is 13.5 Å². The topological polar surface area (TPSA) is 12.5 Å². The maximum atomic E-state index is 14.1. The van der Waals surface area contributed by atoms with Crippen LogP contribution in [0.5, 0.6) is 0 Å². The predicted octanol–water partition coefficient (Wildman–Crippen LogP) is 4.02. The Kier molecular flexibility index (Phi) is 4.17. The van der Waals surface area contributed by atoms with Crippen molar-refractivity contribution in [3.8, 4) is 0 Å². The van der Waals surface area contributed by atoms with Crippen LogP contribution in [0.2, 0.25) is 0 Å². The highest BCUT2D eigenvalue weighted by Crippen LogP contribution is 2.34. The second-order valence-corrected chi connectivity index (χ2v) is 6.44. The molecule has 0 saturated carbocycles. The van der Waals surface area contributed by atoms with Crippen molar-refractivity contribution in [3.63, 3.8) is 0 Å². The molecule has 0 radical (unpaired) electrons. The lowest BCUT2D eigenvalue weighted by Gasteiger charge is -2.44. The lowest BCUT2D eigenvalue weighted by Crippen LogP contribution is -2.53. The molecule has 24 heavy (non-hydrogen) atoms. The van der Waals surface area contributed by atoms with E-state index < -0.39 is 11.6 Å². The van der Waals surface area contributed by atoms with E-state index in [1.165, 1.54) is 11.6 Å². The molecule has 2 unspecified atom stereocenters. The lowest BCUT2D eigenvalue weighted by atomic mass is 9.89. The van der Waals surface area contributed by atoms with E-state index >= 15 is 0 Å². The van der Waals surface area contributed by atoms with Crippen LogP contribution in [0.1, 0.15) is 17.5 Å². The molecule has 2 aromatic rings. The highest BCUT2D eigenvalue weighted by molar-refractivity contribution is 5.68. The monoisotopic (exact) mass is 327 g/mol. The van der Waals surface area contributed by atoms with Gasteiger partial charge in [-0.2, -0.15) is 0 Å². The zero-order chi connectivity index (χ0) is 16.5. The maximum absolute atomic E-state index is 14.1. The number of benzene rings is 2. The van der Waals surface area contributed by atoms with Gasteiger partial charge in [-0.15, -0.1) is 0 Å². The molecule has 1 fully saturated rings. The predicted molar refractivity (Wildman–Crippen MR) is 89.3 cm³/mol. The number of rotatable bonds is 3. The fraction of sp³-hybridized carbons (Fsp3) is 0.300. The van der Waals surface area contributed by atoms with Gasteiger partial charge in [0.25, 0.3) is 0 Å². The summed E-state index contributed by atoms with van der Waals surface area (Å²) in [6.07, 6.45) is 2.79. The summed E-state index contributed by atoms with van der Waals surface area (Å²) in [5.74, 6) is -1.03. The first kappa shape index (κ1) is 15.5. The molecule has 1 saturated heterocycles. The number of hydrogen-bond donors (Lipinski definition) is 0. The van der Waals surface area contributed by atoms with Gasteiger partial charge in [-0.1, -0.05) is 36.4 Å². The number of halogens is 2. The second-order valence-electron chi connectivity index (χ2n) is 6.44. The van der Waals surface area contributed by atoms with E-state index in [1.54, 1.807) is 6.07 Å². The van der Waals surface area contributed by atoms with Crippen molar-refractivity contribution in [1.82, 2.24) is 4.90 Å². The molecule has 2 aromatic carbocycles. The van der Waals surface area contributed by atoms with Crippen LogP contribution in [-0.2, 0) is 11.3 Å². The molecule has 0 amide bonds. The van der Waals surface area contributed by atoms with Gasteiger partial charge in [0.15, 0.2) is 0 Å². The standard InChI is InChI=1S/C20H19F2NO/c21-16-6-7-19(20(22)10-16)15-8-17-12-24-13-18(9-15)23(17)11-14-4-2-1-3-5-14/h1-8,10,17-18H,9,11-13H2. The quantitative estimate of drug-likeness (QED) is 0.844. The summed E-state index contributed by atoms with van der Waals surface area (Å²) in [5, 5.41) is 0. The van der Waals surface area contributed by atoms with Crippen molar-refractivity contribution >= 4 is 5.57 Å². The van der Waals surface area contributed by atoms with E-state index in [1.807, 2.05) is 18.2 Å². The van der Waals surface area contributed by atoms with E-state index in [-0.39, 0.29) is 12.1 Å². The zero-order valence-corrected chi connectivity index (χ0v) is 13.3. The molecule has 2 aliphatic heterocycles. The van der Waals surface area contributed by atoms with Gasteiger partial charge in [-0.05, 0) is 29.7 Å². The molecule has 2 heterocycles. The molecule has 0 aliphatic carbocycles. The third kappa shape index (κ3) is 2.99. The molecule has 0 N–H and O–H groups in total. The third-order valence-corrected chi connectivity index (χ3v) is 4.83. The largest absolute Gasteiger partial charge is 0.378 e. The molecule has 2 atom stereocenters. The average Bonchev–Trinajstić information content (AvgIpc) is 2.56. The summed E-state index contributed by atoms with van der Waals surface area (Å²) < 4.78 is 33.0. The first-order chi connectivity index (χ1) is 11.7. The minimum absolute atomic E-state index is 0.122. The first-order valence-electron chi connectivity index (χ1n) is 8.24. The Morgan fingerprint density at radius 3 is 2.62 bits per heavy atom. The minimum Gasteiger partial charge on any atom is -0.378 e. The van der Waals surface area contributed by atoms with E-state index in [9.17, 15) is 8.78 Å². The fourth-order valence-electron chi connectivity index (χ4n) is 3.65. The van der Waals surface area contributed by atoms with Gasteiger partial charge in [0, 0.05) is 24.2 Å². The van der Waals surface area contributed by atoms with Crippen LogP contribution >= 0.6 is 0 Å². The van der Waals surface area contributed by atoms with Gasteiger partial charge in [0.2, 0.25) is 0 Å². The van der Waals surface area contributed by atoms with E-state index in [4.69, 9.17) is 4.74 Å². The van der Waals surface area contributed by atoms with Gasteiger partial charge in [-0.25, -0.2) is 8.78 Å². The number of ether oxygens (including phenoxy) is 1. The molecule has 4 rings (SSSR count). The summed E-state index contributed by atoms with van der Waals surface area (Å²) >= 11 is 0. The van der Waals surface area contributed by atoms with Gasteiger partial charge >= 0.3 is 0 Å². The van der Waals surface area contributed by atoms with Crippen LogP contribution in [0.3, 0.4) is 0 Å². The van der Waals surface area contributed by atoms with Crippen LogP contribution in [0, 0.1) is 11.6 Å². The van der Waals surface area contributed by atoms with E-state index in [0.29, 0.717) is 25.2 Å². The van der Waals surface area contributed by atoms with Crippen molar-refractivity contribution in [2.75, 3.05) is 13.2 Å². The molecule has 2 nitrogen and oxygen atoms in total. The van der Waals surface area contributed by atoms with Crippen molar-refractivity contribution in [2.45, 2.75) is 25.0 Å². The first-order valence-corrected chi connectivity index (χ1v) is 8.24. The smallest absolute Gasteiger partial charge is 0.133 e. The Morgan fingerprint density at radius 1 is 1.04 bits per heavy atom. The molecule has 0 aromatic heterocycles. The molecular formula is C20H19F2NO. The van der Waals surface area contributed by atoms with E-state index in [2.05, 4.69) is 23.1 Å². The second kappa shape index (κ2) is 6.46. The van der Waals surface area contributed by atoms with Gasteiger partial charge in [0.1, 0.15) is 11.6 Å². The Morgan fingerprint density at radius 2 is 1.88 bits per heavy atom. The van der Waals surface area contributed by atoms with Crippen LogP contribution in [-0.4, -0.2) is 30.2 Å². The molecule has 0 spiro atoms.